The molecule has 0 spiro atoms. The summed E-state index contributed by atoms with van der Waals surface area (Å²) in [4.78, 5) is 31.3. The van der Waals surface area contributed by atoms with Crippen molar-refractivity contribution in [3.8, 4) is 9.88 Å². The number of thiazole rings is 1. The maximum absolute atomic E-state index is 12.1. The van der Waals surface area contributed by atoms with Gasteiger partial charge in [-0.05, 0) is 36.4 Å². The summed E-state index contributed by atoms with van der Waals surface area (Å²) >= 11 is 4.41. The molecule has 0 aliphatic heterocycles. The van der Waals surface area contributed by atoms with Gasteiger partial charge in [0.2, 0.25) is 0 Å². The van der Waals surface area contributed by atoms with Gasteiger partial charge in [0.1, 0.15) is 10.7 Å². The maximum atomic E-state index is 12.1. The number of hydrogen-bond acceptors (Lipinski definition) is 6. The topological polar surface area (TPSA) is 71.1 Å². The summed E-state index contributed by atoms with van der Waals surface area (Å²) in [6.45, 7) is 4.03. The zero-order chi connectivity index (χ0) is 17.1. The largest absolute Gasteiger partial charge is 0.289 e. The smallest absolute Gasteiger partial charge is 0.266 e. The minimum absolute atomic E-state index is 0.292. The van der Waals surface area contributed by atoms with E-state index >= 15 is 0 Å². The second kappa shape index (κ2) is 7.25. The second-order valence-corrected chi connectivity index (χ2v) is 7.94. The third-order valence-electron chi connectivity index (χ3n) is 3.32. The van der Waals surface area contributed by atoms with Crippen molar-refractivity contribution in [1.29, 1.82) is 0 Å². The van der Waals surface area contributed by atoms with Crippen molar-refractivity contribution in [3.63, 3.8) is 0 Å². The van der Waals surface area contributed by atoms with E-state index < -0.39 is 5.91 Å². The van der Waals surface area contributed by atoms with E-state index in [1.165, 1.54) is 27.6 Å². The summed E-state index contributed by atoms with van der Waals surface area (Å²) in [5.41, 5.74) is 6.25. The van der Waals surface area contributed by atoms with Crippen LogP contribution in [0.15, 0.2) is 29.0 Å². The van der Waals surface area contributed by atoms with E-state index in [0.717, 1.165) is 21.9 Å². The Labute approximate surface area is 151 Å². The minimum atomic E-state index is -0.425. The van der Waals surface area contributed by atoms with Gasteiger partial charge in [-0.3, -0.25) is 20.4 Å². The molecule has 0 unspecified atom stereocenters. The van der Waals surface area contributed by atoms with Crippen molar-refractivity contribution >= 4 is 45.8 Å². The number of aromatic nitrogens is 1. The molecule has 3 heterocycles. The van der Waals surface area contributed by atoms with Crippen LogP contribution >= 0.6 is 34.0 Å². The standard InChI is InChI=1S/C16H15N3O2S3/c1-3-11-9(2)7-13(24-11)15(21)19-18-14(20)10-8-23-16(17-10)12-5-4-6-22-12/h4-8H,3H2,1-2H3,(H,18,20)(H,19,21). The Balaban J connectivity index is 1.62. The van der Waals surface area contributed by atoms with Crippen LogP contribution < -0.4 is 10.9 Å². The summed E-state index contributed by atoms with van der Waals surface area (Å²) in [5.74, 6) is -0.740. The van der Waals surface area contributed by atoms with Crippen molar-refractivity contribution in [2.45, 2.75) is 20.3 Å². The van der Waals surface area contributed by atoms with Gasteiger partial charge >= 0.3 is 0 Å². The van der Waals surface area contributed by atoms with Crippen LogP contribution in [0.5, 0.6) is 0 Å². The molecule has 2 amide bonds. The molecule has 3 aromatic heterocycles. The monoisotopic (exact) mass is 377 g/mol. The Morgan fingerprint density at radius 1 is 1.21 bits per heavy atom. The van der Waals surface area contributed by atoms with E-state index in [9.17, 15) is 9.59 Å². The Morgan fingerprint density at radius 2 is 2.00 bits per heavy atom. The highest BCUT2D eigenvalue weighted by Gasteiger charge is 2.15. The molecule has 0 saturated heterocycles. The van der Waals surface area contributed by atoms with Gasteiger partial charge in [-0.25, -0.2) is 4.98 Å². The summed E-state index contributed by atoms with van der Waals surface area (Å²) in [5, 5.41) is 4.44. The van der Waals surface area contributed by atoms with Crippen LogP contribution in [-0.2, 0) is 6.42 Å². The van der Waals surface area contributed by atoms with Crippen molar-refractivity contribution in [3.05, 3.63) is 50.0 Å². The lowest BCUT2D eigenvalue weighted by Crippen LogP contribution is -2.41. The summed E-state index contributed by atoms with van der Waals surface area (Å²) in [6.07, 6.45) is 0.889. The third kappa shape index (κ3) is 3.55. The molecule has 0 bridgehead atoms. The Morgan fingerprint density at radius 3 is 2.67 bits per heavy atom. The number of aryl methyl sites for hydroxylation is 2. The lowest BCUT2D eigenvalue weighted by atomic mass is 10.2. The molecule has 0 saturated carbocycles. The molecule has 3 aromatic rings. The molecule has 0 aromatic carbocycles. The van der Waals surface area contributed by atoms with Gasteiger partial charge in [0.15, 0.2) is 0 Å². The first kappa shape index (κ1) is 16.8. The summed E-state index contributed by atoms with van der Waals surface area (Å²) < 4.78 is 0. The number of rotatable bonds is 4. The van der Waals surface area contributed by atoms with Crippen molar-refractivity contribution < 1.29 is 9.59 Å². The van der Waals surface area contributed by atoms with E-state index in [1.807, 2.05) is 30.5 Å². The van der Waals surface area contributed by atoms with Gasteiger partial charge in [-0.2, -0.15) is 0 Å². The van der Waals surface area contributed by atoms with E-state index in [4.69, 9.17) is 0 Å². The normalized spacial score (nSPS) is 10.6. The zero-order valence-electron chi connectivity index (χ0n) is 13.1. The van der Waals surface area contributed by atoms with Crippen LogP contribution in [0, 0.1) is 6.92 Å². The molecule has 8 heteroatoms. The minimum Gasteiger partial charge on any atom is -0.266 e. The van der Waals surface area contributed by atoms with E-state index in [2.05, 4.69) is 22.8 Å². The molecular formula is C16H15N3O2S3. The zero-order valence-corrected chi connectivity index (χ0v) is 15.5. The molecule has 0 atom stereocenters. The molecule has 0 aliphatic carbocycles. The van der Waals surface area contributed by atoms with Gasteiger partial charge < -0.3 is 0 Å². The number of carbonyl (C=O) groups is 2. The molecular weight excluding hydrogens is 362 g/mol. The molecule has 124 valence electrons. The number of carbonyl (C=O) groups excluding carboxylic acids is 2. The van der Waals surface area contributed by atoms with Gasteiger partial charge in [0, 0.05) is 10.3 Å². The Bertz CT molecular complexity index is 865. The van der Waals surface area contributed by atoms with Crippen LogP contribution in [0.4, 0.5) is 0 Å². The number of amides is 2. The summed E-state index contributed by atoms with van der Waals surface area (Å²) in [6, 6.07) is 5.73. The predicted molar refractivity (Wildman–Crippen MR) is 98.8 cm³/mol. The quantitative estimate of drug-likeness (QED) is 0.678. The fraction of sp³-hybridized carbons (Fsp3) is 0.188. The van der Waals surface area contributed by atoms with E-state index in [1.54, 1.807) is 16.7 Å². The van der Waals surface area contributed by atoms with Crippen molar-refractivity contribution in [2.75, 3.05) is 0 Å². The number of thiophene rings is 2. The first-order valence-electron chi connectivity index (χ1n) is 7.28. The maximum Gasteiger partial charge on any atom is 0.289 e. The highest BCUT2D eigenvalue weighted by Crippen LogP contribution is 2.27. The number of nitrogens with zero attached hydrogens (tertiary/aromatic N) is 1. The first-order chi connectivity index (χ1) is 11.6. The Kier molecular flexibility index (Phi) is 5.08. The van der Waals surface area contributed by atoms with Crippen LogP contribution in [0.1, 0.15) is 37.5 Å². The molecule has 0 aliphatic rings. The van der Waals surface area contributed by atoms with Crippen LogP contribution in [0.3, 0.4) is 0 Å². The fourth-order valence-electron chi connectivity index (χ4n) is 2.11. The molecule has 3 rings (SSSR count). The molecule has 5 nitrogen and oxygen atoms in total. The Hall–Kier alpha value is -2.03. The molecule has 0 fully saturated rings. The SMILES string of the molecule is CCc1sc(C(=O)NNC(=O)c2csc(-c3cccs3)n2)cc1C. The van der Waals surface area contributed by atoms with Gasteiger partial charge in [0.05, 0.1) is 9.75 Å². The summed E-state index contributed by atoms with van der Waals surface area (Å²) in [7, 11) is 0. The fourth-order valence-corrected chi connectivity index (χ4v) is 4.74. The molecule has 2 N–H and O–H groups in total. The first-order valence-corrected chi connectivity index (χ1v) is 9.85. The van der Waals surface area contributed by atoms with Gasteiger partial charge in [-0.15, -0.1) is 34.0 Å². The number of hydrazine groups is 1. The second-order valence-electron chi connectivity index (χ2n) is 4.99. The third-order valence-corrected chi connectivity index (χ3v) is 6.59. The van der Waals surface area contributed by atoms with Crippen molar-refractivity contribution in [1.82, 2.24) is 15.8 Å². The van der Waals surface area contributed by atoms with Crippen molar-refractivity contribution in [2.24, 2.45) is 0 Å². The van der Waals surface area contributed by atoms with Gasteiger partial charge in [-0.1, -0.05) is 13.0 Å². The average Bonchev–Trinajstić information content (AvgIpc) is 3.30. The van der Waals surface area contributed by atoms with Crippen LogP contribution in [0.2, 0.25) is 0 Å². The van der Waals surface area contributed by atoms with Crippen LogP contribution in [-0.4, -0.2) is 16.8 Å². The highest BCUT2D eigenvalue weighted by atomic mass is 32.1. The number of nitrogens with one attached hydrogen (secondary N) is 2. The number of hydrogen-bond donors (Lipinski definition) is 2. The lowest BCUT2D eigenvalue weighted by molar-refractivity contribution is 0.0846. The highest BCUT2D eigenvalue weighted by molar-refractivity contribution is 7.20. The van der Waals surface area contributed by atoms with Gasteiger partial charge in [0.25, 0.3) is 11.8 Å². The lowest BCUT2D eigenvalue weighted by Gasteiger charge is -2.04. The molecule has 0 radical (unpaired) electrons. The van der Waals surface area contributed by atoms with E-state index in [-0.39, 0.29) is 5.91 Å². The predicted octanol–water partition coefficient (Wildman–Crippen LogP) is 3.88. The van der Waals surface area contributed by atoms with Crippen LogP contribution in [0.25, 0.3) is 9.88 Å². The average molecular weight is 378 g/mol. The molecule has 24 heavy (non-hydrogen) atoms. The van der Waals surface area contributed by atoms with E-state index in [0.29, 0.717) is 10.6 Å².